The van der Waals surface area contributed by atoms with Gasteiger partial charge in [0, 0.05) is 18.8 Å². The molecule has 0 saturated carbocycles. The smallest absolute Gasteiger partial charge is 0.148 e. The van der Waals surface area contributed by atoms with E-state index in [1.807, 2.05) is 4.90 Å². The normalized spacial score (nSPS) is 21.8. The Labute approximate surface area is 95.2 Å². The summed E-state index contributed by atoms with van der Waals surface area (Å²) in [6, 6.07) is 4.55. The van der Waals surface area contributed by atoms with Gasteiger partial charge in [0.05, 0.1) is 17.2 Å². The second-order valence-corrected chi connectivity index (χ2v) is 6.33. The van der Waals surface area contributed by atoms with E-state index in [4.69, 9.17) is 5.73 Å². The molecule has 16 heavy (non-hydrogen) atoms. The highest BCUT2D eigenvalue weighted by atomic mass is 32.3. The molecule has 0 spiro atoms. The van der Waals surface area contributed by atoms with Gasteiger partial charge in [-0.25, -0.2) is 4.39 Å². The third kappa shape index (κ3) is 2.40. The van der Waals surface area contributed by atoms with E-state index >= 15 is 0 Å². The van der Waals surface area contributed by atoms with E-state index in [1.54, 1.807) is 12.1 Å². The van der Waals surface area contributed by atoms with E-state index in [0.29, 0.717) is 36.0 Å². The maximum atomic E-state index is 13.6. The summed E-state index contributed by atoms with van der Waals surface area (Å²) in [5, 5.41) is 0. The topological polar surface area (TPSA) is 69.7 Å². The van der Waals surface area contributed by atoms with Crippen molar-refractivity contribution < 1.29 is 13.5 Å². The number of benzene rings is 1. The van der Waals surface area contributed by atoms with Crippen LogP contribution in [0, 0.1) is 5.82 Å². The average Bonchev–Trinajstić information content (AvgIpc) is 2.19. The van der Waals surface area contributed by atoms with Crippen LogP contribution in [0.3, 0.4) is 0 Å². The molecule has 6 heteroatoms. The van der Waals surface area contributed by atoms with Gasteiger partial charge >= 0.3 is 0 Å². The molecule has 1 aliphatic heterocycles. The highest BCUT2D eigenvalue weighted by Gasteiger charge is 2.23. The number of anilines is 2. The van der Waals surface area contributed by atoms with Gasteiger partial charge in [0.15, 0.2) is 0 Å². The molecule has 1 heterocycles. The predicted molar refractivity (Wildman–Crippen MR) is 65.6 cm³/mol. The second-order valence-electron chi connectivity index (χ2n) is 3.91. The maximum absolute atomic E-state index is 13.6. The standard InChI is InChI=1S/C10H15FN2O2S/c11-9-7-8(12)1-2-10(9)13-3-5-16(14,15)6-4-13/h1-2,7,14-15H,3-6,12H2. The van der Waals surface area contributed by atoms with Crippen molar-refractivity contribution in [2.24, 2.45) is 0 Å². The summed E-state index contributed by atoms with van der Waals surface area (Å²) in [4.78, 5) is 1.81. The van der Waals surface area contributed by atoms with Crippen LogP contribution in [0.25, 0.3) is 0 Å². The molecule has 90 valence electrons. The molecule has 0 bridgehead atoms. The minimum atomic E-state index is -2.43. The monoisotopic (exact) mass is 246 g/mol. The summed E-state index contributed by atoms with van der Waals surface area (Å²) in [5.41, 5.74) is 6.33. The third-order valence-corrected chi connectivity index (χ3v) is 4.36. The number of nitrogen functional groups attached to an aromatic ring is 1. The Morgan fingerprint density at radius 2 is 1.88 bits per heavy atom. The fourth-order valence-corrected chi connectivity index (χ4v) is 2.98. The van der Waals surface area contributed by atoms with E-state index in [9.17, 15) is 13.5 Å². The van der Waals surface area contributed by atoms with Crippen LogP contribution in [0.5, 0.6) is 0 Å². The fourth-order valence-electron chi connectivity index (χ4n) is 1.75. The zero-order valence-corrected chi connectivity index (χ0v) is 9.58. The first-order valence-corrected chi connectivity index (χ1v) is 6.90. The summed E-state index contributed by atoms with van der Waals surface area (Å²) in [6.07, 6.45) is 0. The first kappa shape index (κ1) is 11.5. The Morgan fingerprint density at radius 3 is 2.44 bits per heavy atom. The van der Waals surface area contributed by atoms with E-state index < -0.39 is 10.6 Å². The van der Waals surface area contributed by atoms with Crippen molar-refractivity contribution in [3.05, 3.63) is 24.0 Å². The van der Waals surface area contributed by atoms with Crippen LogP contribution in [0.1, 0.15) is 0 Å². The lowest BCUT2D eigenvalue weighted by Crippen LogP contribution is -2.38. The number of nitrogens with two attached hydrogens (primary N) is 1. The van der Waals surface area contributed by atoms with Crippen LogP contribution in [0.4, 0.5) is 15.8 Å². The van der Waals surface area contributed by atoms with Crippen LogP contribution >= 0.6 is 10.6 Å². The number of nitrogens with zero attached hydrogens (tertiary/aromatic N) is 1. The maximum Gasteiger partial charge on any atom is 0.148 e. The first-order valence-electron chi connectivity index (χ1n) is 5.01. The molecule has 1 fully saturated rings. The molecule has 1 aliphatic rings. The number of rotatable bonds is 1. The SMILES string of the molecule is Nc1ccc(N2CCS(O)(O)CC2)c(F)c1. The zero-order valence-electron chi connectivity index (χ0n) is 8.77. The van der Waals surface area contributed by atoms with Gasteiger partial charge < -0.3 is 10.6 Å². The van der Waals surface area contributed by atoms with Crippen molar-refractivity contribution in [1.29, 1.82) is 0 Å². The molecule has 0 aromatic heterocycles. The van der Waals surface area contributed by atoms with Crippen LogP contribution in [-0.4, -0.2) is 33.7 Å². The molecule has 1 aromatic carbocycles. The van der Waals surface area contributed by atoms with Gasteiger partial charge in [-0.2, -0.15) is 10.6 Å². The second kappa shape index (κ2) is 4.12. The lowest BCUT2D eigenvalue weighted by atomic mass is 10.2. The Kier molecular flexibility index (Phi) is 2.96. The average molecular weight is 246 g/mol. The van der Waals surface area contributed by atoms with Crippen LogP contribution < -0.4 is 10.6 Å². The summed E-state index contributed by atoms with van der Waals surface area (Å²) in [7, 11) is -2.43. The molecular weight excluding hydrogens is 231 g/mol. The van der Waals surface area contributed by atoms with E-state index in [0.717, 1.165) is 0 Å². The van der Waals surface area contributed by atoms with Crippen molar-refractivity contribution in [2.75, 3.05) is 35.2 Å². The van der Waals surface area contributed by atoms with Gasteiger partial charge in [0.25, 0.3) is 0 Å². The summed E-state index contributed by atoms with van der Waals surface area (Å²) in [6.45, 7) is 0.923. The summed E-state index contributed by atoms with van der Waals surface area (Å²) < 4.78 is 32.5. The Bertz CT molecular complexity index is 390. The van der Waals surface area contributed by atoms with Crippen LogP contribution in [0.2, 0.25) is 0 Å². The Hall–Kier alpha value is -0.980. The van der Waals surface area contributed by atoms with Crippen molar-refractivity contribution in [2.45, 2.75) is 0 Å². The molecule has 0 atom stereocenters. The van der Waals surface area contributed by atoms with E-state index in [-0.39, 0.29) is 5.82 Å². The van der Waals surface area contributed by atoms with Crippen LogP contribution in [-0.2, 0) is 0 Å². The molecular formula is C10H15FN2O2S. The molecule has 4 N–H and O–H groups in total. The number of halogens is 1. The first-order chi connectivity index (χ1) is 7.48. The molecule has 0 amide bonds. The van der Waals surface area contributed by atoms with Gasteiger partial charge in [-0.15, -0.1) is 0 Å². The van der Waals surface area contributed by atoms with Crippen molar-refractivity contribution in [3.8, 4) is 0 Å². The Balaban J connectivity index is 2.14. The highest BCUT2D eigenvalue weighted by Crippen LogP contribution is 2.41. The minimum Gasteiger partial charge on any atom is -0.399 e. The molecule has 1 aromatic rings. The van der Waals surface area contributed by atoms with Gasteiger partial charge in [0.1, 0.15) is 5.82 Å². The zero-order chi connectivity index (χ0) is 11.8. The fraction of sp³-hybridized carbons (Fsp3) is 0.400. The third-order valence-electron chi connectivity index (χ3n) is 2.69. The van der Waals surface area contributed by atoms with Crippen molar-refractivity contribution in [3.63, 3.8) is 0 Å². The van der Waals surface area contributed by atoms with Crippen molar-refractivity contribution in [1.82, 2.24) is 0 Å². The minimum absolute atomic E-state index is 0.302. The quantitative estimate of drug-likeness (QED) is 0.663. The van der Waals surface area contributed by atoms with Crippen molar-refractivity contribution >= 4 is 22.0 Å². The van der Waals surface area contributed by atoms with E-state index in [2.05, 4.69) is 0 Å². The molecule has 0 radical (unpaired) electrons. The molecule has 0 unspecified atom stereocenters. The van der Waals surface area contributed by atoms with Gasteiger partial charge in [-0.3, -0.25) is 9.11 Å². The number of hydrogen-bond acceptors (Lipinski definition) is 4. The highest BCUT2D eigenvalue weighted by molar-refractivity contribution is 8.24. The summed E-state index contributed by atoms with van der Waals surface area (Å²) in [5.74, 6) is 0.242. The molecule has 0 aliphatic carbocycles. The predicted octanol–water partition coefficient (Wildman–Crippen LogP) is 1.98. The number of hydrogen-bond donors (Lipinski definition) is 3. The van der Waals surface area contributed by atoms with Gasteiger partial charge in [-0.1, -0.05) is 0 Å². The van der Waals surface area contributed by atoms with Gasteiger partial charge in [-0.05, 0) is 18.2 Å². The lowest BCUT2D eigenvalue weighted by molar-refractivity contribution is 0.478. The van der Waals surface area contributed by atoms with Crippen LogP contribution in [0.15, 0.2) is 18.2 Å². The lowest BCUT2D eigenvalue weighted by Gasteiger charge is -2.41. The van der Waals surface area contributed by atoms with E-state index in [1.165, 1.54) is 6.07 Å². The largest absolute Gasteiger partial charge is 0.399 e. The Morgan fingerprint density at radius 1 is 1.25 bits per heavy atom. The molecule has 1 saturated heterocycles. The molecule has 4 nitrogen and oxygen atoms in total. The van der Waals surface area contributed by atoms with Gasteiger partial charge in [0.2, 0.25) is 0 Å². The molecule has 2 rings (SSSR count). The summed E-state index contributed by atoms with van der Waals surface area (Å²) >= 11 is 0.